The molecule has 0 aliphatic rings. The number of para-hydroxylation sites is 2. The van der Waals surface area contributed by atoms with Gasteiger partial charge in [-0.05, 0) is 12.1 Å². The van der Waals surface area contributed by atoms with Crippen LogP contribution in [-0.2, 0) is 11.3 Å². The minimum atomic E-state index is 0.573. The predicted molar refractivity (Wildman–Crippen MR) is 81.3 cm³/mol. The lowest BCUT2D eigenvalue weighted by atomic mass is 10.2. The van der Waals surface area contributed by atoms with Gasteiger partial charge in [0.2, 0.25) is 0 Å². The molecule has 2 N–H and O–H groups in total. The van der Waals surface area contributed by atoms with Crippen LogP contribution in [0.2, 0.25) is 4.47 Å². The number of hydrogen-bond acceptors (Lipinski definition) is 5. The SMILES string of the molecule is COCCNc1ccccc1NCc1cnc(Cl)s1. The molecule has 2 aromatic rings. The molecule has 1 aromatic carbocycles. The average Bonchev–Trinajstić information content (AvgIpc) is 2.84. The number of aromatic nitrogens is 1. The zero-order valence-electron chi connectivity index (χ0n) is 10.6. The van der Waals surface area contributed by atoms with Crippen molar-refractivity contribution in [1.29, 1.82) is 0 Å². The third-order valence-electron chi connectivity index (χ3n) is 2.53. The van der Waals surface area contributed by atoms with Crippen molar-refractivity contribution in [3.63, 3.8) is 0 Å². The van der Waals surface area contributed by atoms with Gasteiger partial charge in [0.15, 0.2) is 4.47 Å². The highest BCUT2D eigenvalue weighted by atomic mass is 35.5. The molecule has 0 fully saturated rings. The van der Waals surface area contributed by atoms with Crippen LogP contribution >= 0.6 is 22.9 Å². The Morgan fingerprint density at radius 1 is 1.26 bits per heavy atom. The van der Waals surface area contributed by atoms with Crippen molar-refractivity contribution >= 4 is 34.3 Å². The Labute approximate surface area is 121 Å². The molecular formula is C13H16ClN3OS. The first-order chi connectivity index (χ1) is 9.29. The molecule has 0 saturated carbocycles. The van der Waals surface area contributed by atoms with Crippen LogP contribution in [0, 0.1) is 0 Å². The van der Waals surface area contributed by atoms with E-state index in [4.69, 9.17) is 16.3 Å². The standard InChI is InChI=1S/C13H16ClN3OS/c1-18-7-6-15-11-4-2-3-5-12(11)16-8-10-9-17-13(14)19-10/h2-5,9,15-16H,6-8H2,1H3. The van der Waals surface area contributed by atoms with Gasteiger partial charge in [0, 0.05) is 24.7 Å². The zero-order chi connectivity index (χ0) is 13.5. The Kier molecular flexibility index (Phi) is 5.44. The Hall–Kier alpha value is -1.30. The summed E-state index contributed by atoms with van der Waals surface area (Å²) in [5, 5.41) is 6.71. The van der Waals surface area contributed by atoms with Gasteiger partial charge in [-0.25, -0.2) is 4.98 Å². The van der Waals surface area contributed by atoms with Crippen molar-refractivity contribution in [2.75, 3.05) is 30.9 Å². The van der Waals surface area contributed by atoms with E-state index in [-0.39, 0.29) is 0 Å². The summed E-state index contributed by atoms with van der Waals surface area (Å²) in [4.78, 5) is 5.13. The maximum absolute atomic E-state index is 5.81. The van der Waals surface area contributed by atoms with E-state index in [0.717, 1.165) is 22.8 Å². The van der Waals surface area contributed by atoms with E-state index < -0.39 is 0 Å². The van der Waals surface area contributed by atoms with Crippen molar-refractivity contribution < 1.29 is 4.74 Å². The maximum Gasteiger partial charge on any atom is 0.183 e. The number of nitrogens with zero attached hydrogens (tertiary/aromatic N) is 1. The highest BCUT2D eigenvalue weighted by Crippen LogP contribution is 2.23. The van der Waals surface area contributed by atoms with E-state index in [1.54, 1.807) is 13.3 Å². The Morgan fingerprint density at radius 3 is 2.63 bits per heavy atom. The smallest absolute Gasteiger partial charge is 0.183 e. The minimum Gasteiger partial charge on any atom is -0.383 e. The summed E-state index contributed by atoms with van der Waals surface area (Å²) in [6, 6.07) is 8.09. The fourth-order valence-electron chi connectivity index (χ4n) is 1.63. The van der Waals surface area contributed by atoms with Crippen LogP contribution in [0.3, 0.4) is 0 Å². The minimum absolute atomic E-state index is 0.573. The lowest BCUT2D eigenvalue weighted by Gasteiger charge is -2.12. The molecule has 1 aromatic heterocycles. The first kappa shape index (κ1) is 14.1. The number of nitrogens with one attached hydrogen (secondary N) is 2. The molecule has 0 aliphatic heterocycles. The number of methoxy groups -OCH3 is 1. The van der Waals surface area contributed by atoms with Crippen LogP contribution < -0.4 is 10.6 Å². The molecule has 0 saturated heterocycles. The molecule has 1 heterocycles. The van der Waals surface area contributed by atoms with Crippen LogP contribution in [0.25, 0.3) is 0 Å². The summed E-state index contributed by atoms with van der Waals surface area (Å²) < 4.78 is 5.60. The van der Waals surface area contributed by atoms with Crippen molar-refractivity contribution in [1.82, 2.24) is 4.98 Å². The van der Waals surface area contributed by atoms with Gasteiger partial charge in [-0.2, -0.15) is 0 Å². The highest BCUT2D eigenvalue weighted by Gasteiger charge is 2.03. The van der Waals surface area contributed by atoms with Crippen molar-refractivity contribution in [3.05, 3.63) is 39.8 Å². The molecule has 0 atom stereocenters. The topological polar surface area (TPSA) is 46.2 Å². The number of halogens is 1. The van der Waals surface area contributed by atoms with E-state index in [0.29, 0.717) is 17.6 Å². The average molecular weight is 298 g/mol. The quantitative estimate of drug-likeness (QED) is 0.768. The van der Waals surface area contributed by atoms with Crippen molar-refractivity contribution in [2.45, 2.75) is 6.54 Å². The molecule has 19 heavy (non-hydrogen) atoms. The van der Waals surface area contributed by atoms with E-state index in [2.05, 4.69) is 15.6 Å². The molecule has 102 valence electrons. The van der Waals surface area contributed by atoms with Crippen LogP contribution in [0.15, 0.2) is 30.5 Å². The molecule has 4 nitrogen and oxygen atoms in total. The summed E-state index contributed by atoms with van der Waals surface area (Å²) >= 11 is 7.30. The summed E-state index contributed by atoms with van der Waals surface area (Å²) in [6.07, 6.45) is 1.79. The van der Waals surface area contributed by atoms with Gasteiger partial charge in [-0.15, -0.1) is 11.3 Å². The monoisotopic (exact) mass is 297 g/mol. The van der Waals surface area contributed by atoms with E-state index in [1.165, 1.54) is 11.3 Å². The van der Waals surface area contributed by atoms with E-state index in [9.17, 15) is 0 Å². The lowest BCUT2D eigenvalue weighted by molar-refractivity contribution is 0.211. The van der Waals surface area contributed by atoms with Gasteiger partial charge in [0.05, 0.1) is 24.5 Å². The maximum atomic E-state index is 5.81. The van der Waals surface area contributed by atoms with Gasteiger partial charge in [-0.1, -0.05) is 23.7 Å². The number of benzene rings is 1. The molecule has 0 aliphatic carbocycles. The molecule has 6 heteroatoms. The highest BCUT2D eigenvalue weighted by molar-refractivity contribution is 7.15. The van der Waals surface area contributed by atoms with Crippen LogP contribution in [0.5, 0.6) is 0 Å². The Morgan fingerprint density at radius 2 is 2.00 bits per heavy atom. The second kappa shape index (κ2) is 7.33. The number of ether oxygens (including phenoxy) is 1. The van der Waals surface area contributed by atoms with Crippen LogP contribution in [0.1, 0.15) is 4.88 Å². The molecule has 0 amide bonds. The van der Waals surface area contributed by atoms with Crippen LogP contribution in [0.4, 0.5) is 11.4 Å². The third kappa shape index (κ3) is 4.38. The summed E-state index contributed by atoms with van der Waals surface area (Å²) in [5.74, 6) is 0. The second-order valence-electron chi connectivity index (χ2n) is 3.90. The van der Waals surface area contributed by atoms with Gasteiger partial charge >= 0.3 is 0 Å². The molecule has 0 radical (unpaired) electrons. The Balaban J connectivity index is 1.95. The fraction of sp³-hybridized carbons (Fsp3) is 0.308. The molecule has 0 spiro atoms. The number of thiazole rings is 1. The molecule has 2 rings (SSSR count). The molecular weight excluding hydrogens is 282 g/mol. The largest absolute Gasteiger partial charge is 0.383 e. The van der Waals surface area contributed by atoms with Gasteiger partial charge in [-0.3, -0.25) is 0 Å². The van der Waals surface area contributed by atoms with Crippen LogP contribution in [-0.4, -0.2) is 25.2 Å². The van der Waals surface area contributed by atoms with E-state index >= 15 is 0 Å². The van der Waals surface area contributed by atoms with Gasteiger partial charge in [0.25, 0.3) is 0 Å². The second-order valence-corrected chi connectivity index (χ2v) is 5.60. The molecule has 0 bridgehead atoms. The van der Waals surface area contributed by atoms with Crippen molar-refractivity contribution in [3.8, 4) is 0 Å². The first-order valence-electron chi connectivity index (χ1n) is 5.95. The number of anilines is 2. The lowest BCUT2D eigenvalue weighted by Crippen LogP contribution is -2.09. The predicted octanol–water partition coefficient (Wildman–Crippen LogP) is 3.47. The molecule has 0 unspecified atom stereocenters. The third-order valence-corrected chi connectivity index (χ3v) is 3.64. The van der Waals surface area contributed by atoms with Gasteiger partial charge in [0.1, 0.15) is 0 Å². The van der Waals surface area contributed by atoms with Gasteiger partial charge < -0.3 is 15.4 Å². The zero-order valence-corrected chi connectivity index (χ0v) is 12.2. The summed E-state index contributed by atoms with van der Waals surface area (Å²) in [7, 11) is 1.69. The van der Waals surface area contributed by atoms with E-state index in [1.807, 2.05) is 24.3 Å². The fourth-order valence-corrected chi connectivity index (χ4v) is 2.54. The Bertz CT molecular complexity index is 518. The number of hydrogen-bond donors (Lipinski definition) is 2. The number of rotatable bonds is 7. The first-order valence-corrected chi connectivity index (χ1v) is 7.15. The normalized spacial score (nSPS) is 10.4. The summed E-state index contributed by atoms with van der Waals surface area (Å²) in [6.45, 7) is 2.17. The summed E-state index contributed by atoms with van der Waals surface area (Å²) in [5.41, 5.74) is 2.12. The van der Waals surface area contributed by atoms with Crippen molar-refractivity contribution in [2.24, 2.45) is 0 Å².